The van der Waals surface area contributed by atoms with Crippen molar-refractivity contribution in [3.05, 3.63) is 63.9 Å². The number of carbonyl (C=O) groups is 1. The lowest BCUT2D eigenvalue weighted by atomic mass is 10.0. The second kappa shape index (κ2) is 7.30. The van der Waals surface area contributed by atoms with Crippen molar-refractivity contribution in [1.29, 1.82) is 0 Å². The van der Waals surface area contributed by atoms with E-state index in [0.717, 1.165) is 24.0 Å². The molecule has 4 rings (SSSR count). The van der Waals surface area contributed by atoms with Gasteiger partial charge in [-0.25, -0.2) is 14.2 Å². The topological polar surface area (TPSA) is 69.2 Å². The van der Waals surface area contributed by atoms with Gasteiger partial charge >= 0.3 is 6.09 Å². The number of H-pyrrole nitrogens is 1. The summed E-state index contributed by atoms with van der Waals surface area (Å²) in [5.74, 6) is 0.307. The fourth-order valence-corrected chi connectivity index (χ4v) is 4.13. The van der Waals surface area contributed by atoms with Gasteiger partial charge in [-0.05, 0) is 58.7 Å². The van der Waals surface area contributed by atoms with Crippen molar-refractivity contribution in [3.63, 3.8) is 0 Å². The first kappa shape index (κ1) is 18.0. The van der Waals surface area contributed by atoms with Crippen molar-refractivity contribution < 1.29 is 14.3 Å². The number of hydrogen-bond acceptors (Lipinski definition) is 2. The number of amides is 1. The molecule has 1 saturated heterocycles. The second-order valence-electron chi connectivity index (χ2n) is 6.50. The molecule has 2 N–H and O–H groups in total. The van der Waals surface area contributed by atoms with Gasteiger partial charge in [-0.1, -0.05) is 30.3 Å². The van der Waals surface area contributed by atoms with Gasteiger partial charge in [0.15, 0.2) is 0 Å². The van der Waals surface area contributed by atoms with E-state index in [1.807, 2.05) is 59.0 Å². The van der Waals surface area contributed by atoms with Crippen molar-refractivity contribution in [3.8, 4) is 22.4 Å². The molecule has 1 aliphatic rings. The van der Waals surface area contributed by atoms with E-state index in [0.29, 0.717) is 27.2 Å². The Kier molecular flexibility index (Phi) is 4.86. The van der Waals surface area contributed by atoms with Crippen LogP contribution in [0.2, 0.25) is 0 Å². The van der Waals surface area contributed by atoms with Crippen LogP contribution in [0, 0.1) is 9.39 Å². The molecule has 1 aromatic heterocycles. The van der Waals surface area contributed by atoms with Crippen LogP contribution in [-0.2, 0) is 0 Å². The molecule has 0 spiro atoms. The average Bonchev–Trinajstić information content (AvgIpc) is 3.33. The third kappa shape index (κ3) is 3.43. The summed E-state index contributed by atoms with van der Waals surface area (Å²) in [5.41, 5.74) is 3.12. The minimum atomic E-state index is -0.942. The Morgan fingerprint density at radius 3 is 2.78 bits per heavy atom. The molecule has 138 valence electrons. The minimum Gasteiger partial charge on any atom is -0.465 e. The first-order valence-corrected chi connectivity index (χ1v) is 9.72. The lowest BCUT2D eigenvalue weighted by Gasteiger charge is -2.19. The molecular weight excluding hydrogens is 460 g/mol. The van der Waals surface area contributed by atoms with Gasteiger partial charge in [0.05, 0.1) is 21.5 Å². The zero-order valence-electron chi connectivity index (χ0n) is 14.3. The molecule has 7 heteroatoms. The van der Waals surface area contributed by atoms with Crippen molar-refractivity contribution >= 4 is 28.7 Å². The number of aromatic amines is 1. The molecular formula is C20H17FIN3O2. The number of hydrogen-bond donors (Lipinski definition) is 2. The predicted octanol–water partition coefficient (Wildman–Crippen LogP) is 5.30. The van der Waals surface area contributed by atoms with E-state index in [4.69, 9.17) is 0 Å². The normalized spacial score (nSPS) is 16.7. The van der Waals surface area contributed by atoms with Gasteiger partial charge < -0.3 is 10.1 Å². The van der Waals surface area contributed by atoms with E-state index < -0.39 is 6.09 Å². The van der Waals surface area contributed by atoms with E-state index in [-0.39, 0.29) is 11.9 Å². The van der Waals surface area contributed by atoms with Gasteiger partial charge in [0.2, 0.25) is 0 Å². The Labute approximate surface area is 169 Å². The van der Waals surface area contributed by atoms with Crippen molar-refractivity contribution in [2.75, 3.05) is 6.54 Å². The van der Waals surface area contributed by atoms with Crippen LogP contribution in [-0.4, -0.2) is 32.6 Å². The van der Waals surface area contributed by atoms with E-state index in [1.54, 1.807) is 6.20 Å². The average molecular weight is 477 g/mol. The summed E-state index contributed by atoms with van der Waals surface area (Å²) < 4.78 is 15.1. The first-order chi connectivity index (χ1) is 13.0. The number of nitrogens with one attached hydrogen (secondary N) is 1. The maximum absolute atomic E-state index is 14.6. The Morgan fingerprint density at radius 2 is 2.04 bits per heavy atom. The van der Waals surface area contributed by atoms with Gasteiger partial charge in [0, 0.05) is 12.1 Å². The van der Waals surface area contributed by atoms with Crippen LogP contribution in [0.5, 0.6) is 0 Å². The highest BCUT2D eigenvalue weighted by molar-refractivity contribution is 14.1. The molecule has 2 heterocycles. The molecule has 1 fully saturated rings. The van der Waals surface area contributed by atoms with Crippen LogP contribution in [0.4, 0.5) is 9.18 Å². The number of halogens is 2. The lowest BCUT2D eigenvalue weighted by Crippen LogP contribution is -2.29. The molecule has 1 aliphatic heterocycles. The number of likely N-dealkylation sites (tertiary alicyclic amines) is 1. The minimum absolute atomic E-state index is 0.279. The maximum atomic E-state index is 14.6. The molecule has 0 unspecified atom stereocenters. The van der Waals surface area contributed by atoms with E-state index in [1.165, 1.54) is 11.0 Å². The van der Waals surface area contributed by atoms with Crippen molar-refractivity contribution in [2.24, 2.45) is 0 Å². The SMILES string of the molecule is O=C(O)N1CCC[C@H]1c1ncc(-c2cc(F)c(I)c(-c3ccccc3)c2)[nH]1. The van der Waals surface area contributed by atoms with Crippen LogP contribution in [0.15, 0.2) is 48.7 Å². The van der Waals surface area contributed by atoms with Crippen molar-refractivity contribution in [2.45, 2.75) is 18.9 Å². The summed E-state index contributed by atoms with van der Waals surface area (Å²) in [5, 5.41) is 9.33. The molecule has 5 nitrogen and oxygen atoms in total. The Morgan fingerprint density at radius 1 is 1.26 bits per heavy atom. The third-order valence-electron chi connectivity index (χ3n) is 4.83. The largest absolute Gasteiger partial charge is 0.465 e. The van der Waals surface area contributed by atoms with Gasteiger partial charge in [0.25, 0.3) is 0 Å². The number of benzene rings is 2. The van der Waals surface area contributed by atoms with Crippen LogP contribution >= 0.6 is 22.6 Å². The summed E-state index contributed by atoms with van der Waals surface area (Å²) in [6.45, 7) is 0.506. The highest BCUT2D eigenvalue weighted by Crippen LogP contribution is 2.34. The smallest absolute Gasteiger partial charge is 0.407 e. The summed E-state index contributed by atoms with van der Waals surface area (Å²) >= 11 is 2.02. The van der Waals surface area contributed by atoms with Crippen LogP contribution in [0.25, 0.3) is 22.4 Å². The summed E-state index contributed by atoms with van der Waals surface area (Å²) in [6, 6.07) is 12.8. The standard InChI is InChI=1S/C20H17FIN3O2/c21-15-10-13(9-14(18(15)22)12-5-2-1-3-6-12)16-11-23-19(24-16)17-7-4-8-25(17)20(26)27/h1-3,5-6,9-11,17H,4,7-8H2,(H,23,24)(H,26,27)/t17-/m0/s1. The molecule has 1 amide bonds. The third-order valence-corrected chi connectivity index (χ3v) is 5.93. The van der Waals surface area contributed by atoms with Crippen molar-refractivity contribution in [1.82, 2.24) is 14.9 Å². The number of aromatic nitrogens is 2. The highest BCUT2D eigenvalue weighted by Gasteiger charge is 2.31. The summed E-state index contributed by atoms with van der Waals surface area (Å²) in [7, 11) is 0. The van der Waals surface area contributed by atoms with Gasteiger partial charge in [-0.2, -0.15) is 0 Å². The summed E-state index contributed by atoms with van der Waals surface area (Å²) in [4.78, 5) is 20.3. The Bertz CT molecular complexity index is 990. The van der Waals surface area contributed by atoms with Crippen LogP contribution in [0.1, 0.15) is 24.7 Å². The monoisotopic (exact) mass is 477 g/mol. The Hall–Kier alpha value is -2.42. The van der Waals surface area contributed by atoms with Gasteiger partial charge in [-0.3, -0.25) is 4.90 Å². The molecule has 0 aliphatic carbocycles. The van der Waals surface area contributed by atoms with E-state index >= 15 is 0 Å². The number of imidazole rings is 1. The number of rotatable bonds is 3. The predicted molar refractivity (Wildman–Crippen MR) is 109 cm³/mol. The van der Waals surface area contributed by atoms with Crippen LogP contribution in [0.3, 0.4) is 0 Å². The molecule has 27 heavy (non-hydrogen) atoms. The number of nitrogens with zero attached hydrogens (tertiary/aromatic N) is 2. The van der Waals surface area contributed by atoms with Crippen LogP contribution < -0.4 is 0 Å². The molecule has 2 aromatic carbocycles. The lowest BCUT2D eigenvalue weighted by molar-refractivity contribution is 0.139. The molecule has 0 radical (unpaired) electrons. The van der Waals surface area contributed by atoms with Gasteiger partial charge in [-0.15, -0.1) is 0 Å². The molecule has 0 saturated carbocycles. The van der Waals surface area contributed by atoms with E-state index in [2.05, 4.69) is 9.97 Å². The molecule has 3 aromatic rings. The quantitative estimate of drug-likeness (QED) is 0.503. The fraction of sp³-hybridized carbons (Fsp3) is 0.200. The first-order valence-electron chi connectivity index (χ1n) is 8.64. The highest BCUT2D eigenvalue weighted by atomic mass is 127. The van der Waals surface area contributed by atoms with Gasteiger partial charge in [0.1, 0.15) is 11.6 Å². The molecule has 1 atom stereocenters. The Balaban J connectivity index is 1.72. The van der Waals surface area contributed by atoms with E-state index in [9.17, 15) is 14.3 Å². The summed E-state index contributed by atoms with van der Waals surface area (Å²) in [6.07, 6.45) is 2.24. The maximum Gasteiger partial charge on any atom is 0.407 e. The zero-order valence-corrected chi connectivity index (χ0v) is 16.5. The number of carboxylic acid groups (broad SMARTS) is 1. The zero-order chi connectivity index (χ0) is 19.0. The molecule has 0 bridgehead atoms. The second-order valence-corrected chi connectivity index (χ2v) is 7.58. The fourth-order valence-electron chi connectivity index (χ4n) is 3.50.